The predicted molar refractivity (Wildman–Crippen MR) is 271 cm³/mol. The minimum atomic E-state index is -5.07. The van der Waals surface area contributed by atoms with E-state index in [1.807, 2.05) is 0 Å². The number of rotatable bonds is 47. The summed E-state index contributed by atoms with van der Waals surface area (Å²) in [5.41, 5.74) is 0. The van der Waals surface area contributed by atoms with Crippen molar-refractivity contribution in [2.24, 2.45) is 0 Å². The molecule has 0 amide bonds. The van der Waals surface area contributed by atoms with Crippen LogP contribution in [-0.4, -0.2) is 97.5 Å². The summed E-state index contributed by atoms with van der Waals surface area (Å²) < 4.78 is 59.3. The first-order chi connectivity index (χ1) is 32.6. The summed E-state index contributed by atoms with van der Waals surface area (Å²) in [6.45, 7) is 3.98. The minimum Gasteiger partial charge on any atom is -0.457 e. The predicted octanol–water partition coefficient (Wildman–Crippen LogP) is 12.7. The molecule has 0 spiro atoms. The maximum absolute atomic E-state index is 12.9. The summed E-state index contributed by atoms with van der Waals surface area (Å²) in [6, 6.07) is 0. The van der Waals surface area contributed by atoms with E-state index in [4.69, 9.17) is 18.9 Å². The number of carbonyl (C=O) groups is 1. The fraction of sp³-hybridized carbons (Fsp3) is 0.833. The molecule has 0 aromatic carbocycles. The second-order valence-corrected chi connectivity index (χ2v) is 19.5. The Labute approximate surface area is 408 Å². The van der Waals surface area contributed by atoms with E-state index in [1.54, 1.807) is 0 Å². The van der Waals surface area contributed by atoms with Gasteiger partial charge >= 0.3 is 16.4 Å². The van der Waals surface area contributed by atoms with E-state index >= 15 is 0 Å². The van der Waals surface area contributed by atoms with Crippen molar-refractivity contribution in [3.8, 4) is 0 Å². The molecule has 1 aliphatic rings. The van der Waals surface area contributed by atoms with Crippen LogP contribution in [0.1, 0.15) is 226 Å². The third-order valence-corrected chi connectivity index (χ3v) is 12.6. The van der Waals surface area contributed by atoms with Crippen molar-refractivity contribution in [3.63, 3.8) is 0 Å². The van der Waals surface area contributed by atoms with Gasteiger partial charge in [-0.05, 0) is 77.0 Å². The second-order valence-electron chi connectivity index (χ2n) is 18.5. The zero-order valence-electron chi connectivity index (χ0n) is 42.2. The number of ether oxygens (including phenoxy) is 4. The largest absolute Gasteiger partial charge is 0.457 e. The highest BCUT2D eigenvalue weighted by molar-refractivity contribution is 7.80. The number of hydrogen-bond donors (Lipinski definition) is 4. The minimum absolute atomic E-state index is 0.0286. The van der Waals surface area contributed by atoms with Crippen LogP contribution in [0.4, 0.5) is 0 Å². The third-order valence-electron chi connectivity index (χ3n) is 12.2. The van der Waals surface area contributed by atoms with E-state index in [0.29, 0.717) is 13.0 Å². The number of esters is 1. The number of unbranched alkanes of at least 4 members (excludes halogenated alkanes) is 26. The van der Waals surface area contributed by atoms with Crippen molar-refractivity contribution in [1.29, 1.82) is 0 Å². The molecule has 0 aromatic heterocycles. The molecular formula is C54H98O12S. The van der Waals surface area contributed by atoms with E-state index in [0.717, 1.165) is 64.2 Å². The summed E-state index contributed by atoms with van der Waals surface area (Å²) in [6.07, 6.45) is 47.1. The second kappa shape index (κ2) is 45.2. The fourth-order valence-corrected chi connectivity index (χ4v) is 8.60. The first-order valence-electron chi connectivity index (χ1n) is 26.9. The Morgan fingerprint density at radius 3 is 1.45 bits per heavy atom. The van der Waals surface area contributed by atoms with Gasteiger partial charge in [0.2, 0.25) is 0 Å². The summed E-state index contributed by atoms with van der Waals surface area (Å²) >= 11 is 0. The SMILES string of the molecule is CCCCCCC/C=C\C/C=C\C/C=C\CCCCCCCCCCC(=O)OC(COCCCCCCCC/C=C\CCCCCCCCC)COC1OC(CO)C(O)C(OS(=O)(=O)O)C1O. The van der Waals surface area contributed by atoms with Gasteiger partial charge in [-0.25, -0.2) is 4.18 Å². The van der Waals surface area contributed by atoms with Gasteiger partial charge in [0.1, 0.15) is 30.5 Å². The lowest BCUT2D eigenvalue weighted by molar-refractivity contribution is -0.301. The summed E-state index contributed by atoms with van der Waals surface area (Å²) in [5.74, 6) is -0.407. The normalized spacial score (nSPS) is 19.8. The molecule has 0 aromatic rings. The van der Waals surface area contributed by atoms with Gasteiger partial charge in [-0.2, -0.15) is 8.42 Å². The first kappa shape index (κ1) is 63.1. The van der Waals surface area contributed by atoms with Crippen molar-refractivity contribution in [3.05, 3.63) is 48.6 Å². The van der Waals surface area contributed by atoms with E-state index in [9.17, 15) is 33.1 Å². The Balaban J connectivity index is 2.35. The number of aliphatic hydroxyl groups is 3. The van der Waals surface area contributed by atoms with Gasteiger partial charge in [0.25, 0.3) is 0 Å². The Kier molecular flexibility index (Phi) is 42.6. The van der Waals surface area contributed by atoms with Gasteiger partial charge in [-0.1, -0.05) is 191 Å². The number of hydrogen-bond acceptors (Lipinski definition) is 11. The van der Waals surface area contributed by atoms with Crippen LogP contribution >= 0.6 is 0 Å². The number of allylic oxidation sites excluding steroid dienone is 8. The number of aliphatic hydroxyl groups excluding tert-OH is 3. The van der Waals surface area contributed by atoms with Crippen molar-refractivity contribution < 1.29 is 56.2 Å². The van der Waals surface area contributed by atoms with Gasteiger partial charge in [0, 0.05) is 13.0 Å². The Morgan fingerprint density at radius 2 is 0.985 bits per heavy atom. The van der Waals surface area contributed by atoms with Crippen molar-refractivity contribution in [1.82, 2.24) is 0 Å². The first-order valence-corrected chi connectivity index (χ1v) is 28.3. The molecule has 0 saturated carbocycles. The highest BCUT2D eigenvalue weighted by Crippen LogP contribution is 2.26. The standard InChI is InChI=1S/C54H98O12S/c1-3-5-7-9-11-13-15-17-19-21-22-23-24-25-26-27-29-31-33-35-37-39-41-43-50(56)64-48(47-63-54-52(58)53(66-67(59,60)61)51(57)49(45-55)65-54)46-62-44-42-40-38-36-34-32-30-28-20-18-16-14-12-10-8-6-4-2/h15,17,20-22,24-25,28,48-49,51-55,57-58H,3-14,16,18-19,23,26-27,29-47H2,1-2H3,(H,59,60,61)/b17-15-,22-21-,25-24-,28-20-. The molecule has 6 atom stereocenters. The van der Waals surface area contributed by atoms with Crippen LogP contribution in [0.5, 0.6) is 0 Å². The quantitative estimate of drug-likeness (QED) is 0.0197. The topological polar surface area (TPSA) is 178 Å². The molecule has 6 unspecified atom stereocenters. The molecule has 392 valence electrons. The van der Waals surface area contributed by atoms with Gasteiger partial charge in [0.05, 0.1) is 19.8 Å². The number of carbonyl (C=O) groups excluding carboxylic acids is 1. The van der Waals surface area contributed by atoms with Crippen LogP contribution in [-0.2, 0) is 38.3 Å². The van der Waals surface area contributed by atoms with E-state index in [-0.39, 0.29) is 19.6 Å². The summed E-state index contributed by atoms with van der Waals surface area (Å²) in [4.78, 5) is 12.9. The Morgan fingerprint density at radius 1 is 0.567 bits per heavy atom. The van der Waals surface area contributed by atoms with Gasteiger partial charge < -0.3 is 34.3 Å². The van der Waals surface area contributed by atoms with Crippen LogP contribution < -0.4 is 0 Å². The maximum Gasteiger partial charge on any atom is 0.397 e. The molecule has 1 fully saturated rings. The molecule has 1 aliphatic heterocycles. The average molecular weight is 971 g/mol. The molecule has 67 heavy (non-hydrogen) atoms. The smallest absolute Gasteiger partial charge is 0.397 e. The molecule has 4 N–H and O–H groups in total. The Hall–Kier alpha value is -1.94. The van der Waals surface area contributed by atoms with E-state index in [1.165, 1.54) is 135 Å². The molecule has 0 aliphatic carbocycles. The van der Waals surface area contributed by atoms with Crippen molar-refractivity contribution in [2.75, 3.05) is 26.4 Å². The van der Waals surface area contributed by atoms with Crippen molar-refractivity contribution in [2.45, 2.75) is 263 Å². The van der Waals surface area contributed by atoms with Crippen molar-refractivity contribution >= 4 is 16.4 Å². The third kappa shape index (κ3) is 38.5. The molecular weight excluding hydrogens is 873 g/mol. The lowest BCUT2D eigenvalue weighted by Crippen LogP contribution is -2.60. The van der Waals surface area contributed by atoms with E-state index < -0.39 is 59.8 Å². The van der Waals surface area contributed by atoms with Gasteiger partial charge in [0.15, 0.2) is 6.29 Å². The van der Waals surface area contributed by atoms with Gasteiger partial charge in [-0.15, -0.1) is 0 Å². The highest BCUT2D eigenvalue weighted by atomic mass is 32.3. The van der Waals surface area contributed by atoms with Crippen LogP contribution in [0.15, 0.2) is 48.6 Å². The molecule has 12 nitrogen and oxygen atoms in total. The zero-order valence-corrected chi connectivity index (χ0v) is 43.0. The Bertz CT molecular complexity index is 1350. The highest BCUT2D eigenvalue weighted by Gasteiger charge is 2.48. The van der Waals surface area contributed by atoms with Crippen LogP contribution in [0.25, 0.3) is 0 Å². The lowest BCUT2D eigenvalue weighted by Gasteiger charge is -2.41. The zero-order chi connectivity index (χ0) is 48.9. The van der Waals surface area contributed by atoms with Gasteiger partial charge in [-0.3, -0.25) is 9.35 Å². The molecule has 1 saturated heterocycles. The van der Waals surface area contributed by atoms with Crippen LogP contribution in [0.3, 0.4) is 0 Å². The average Bonchev–Trinajstić information content (AvgIpc) is 3.30. The van der Waals surface area contributed by atoms with E-state index in [2.05, 4.69) is 66.6 Å². The summed E-state index contributed by atoms with van der Waals surface area (Å²) in [5, 5.41) is 30.8. The summed E-state index contributed by atoms with van der Waals surface area (Å²) in [7, 11) is -5.07. The molecule has 0 radical (unpaired) electrons. The maximum atomic E-state index is 12.9. The molecule has 13 heteroatoms. The fourth-order valence-electron chi connectivity index (χ4n) is 8.09. The molecule has 1 rings (SSSR count). The monoisotopic (exact) mass is 971 g/mol. The van der Waals surface area contributed by atoms with Crippen LogP contribution in [0, 0.1) is 0 Å². The molecule has 1 heterocycles. The van der Waals surface area contributed by atoms with Crippen LogP contribution in [0.2, 0.25) is 0 Å². The molecule has 0 bridgehead atoms. The lowest BCUT2D eigenvalue weighted by atomic mass is 9.99.